The van der Waals surface area contributed by atoms with Crippen LogP contribution in [-0.2, 0) is 14.3 Å². The third-order valence-corrected chi connectivity index (χ3v) is 3.37. The molecule has 5 nitrogen and oxygen atoms in total. The van der Waals surface area contributed by atoms with Crippen molar-refractivity contribution < 1.29 is 19.4 Å². The topological polar surface area (TPSA) is 66.8 Å². The predicted octanol–water partition coefficient (Wildman–Crippen LogP) is 1.51. The van der Waals surface area contributed by atoms with E-state index >= 15 is 0 Å². The summed E-state index contributed by atoms with van der Waals surface area (Å²) in [7, 11) is 1.56. The van der Waals surface area contributed by atoms with Crippen LogP contribution >= 0.6 is 0 Å². The zero-order valence-corrected chi connectivity index (χ0v) is 11.4. The SMILES string of the molecule is CC(C)C(C(=O)O)N(C)C(=O)CC1CCCCO1. The Labute approximate surface area is 108 Å². The van der Waals surface area contributed by atoms with E-state index in [0.717, 1.165) is 19.3 Å². The van der Waals surface area contributed by atoms with Gasteiger partial charge in [-0.3, -0.25) is 4.79 Å². The summed E-state index contributed by atoms with van der Waals surface area (Å²) in [4.78, 5) is 24.5. The largest absolute Gasteiger partial charge is 0.480 e. The van der Waals surface area contributed by atoms with E-state index in [1.54, 1.807) is 20.9 Å². The molecule has 0 saturated carbocycles. The van der Waals surface area contributed by atoms with Crippen molar-refractivity contribution in [3.8, 4) is 0 Å². The van der Waals surface area contributed by atoms with Gasteiger partial charge in [-0.25, -0.2) is 4.79 Å². The van der Waals surface area contributed by atoms with Crippen LogP contribution in [0, 0.1) is 5.92 Å². The number of carbonyl (C=O) groups excluding carboxylic acids is 1. The molecular formula is C13H23NO4. The third kappa shape index (κ3) is 3.98. The molecule has 2 unspecified atom stereocenters. The van der Waals surface area contributed by atoms with Crippen molar-refractivity contribution in [2.24, 2.45) is 5.92 Å². The summed E-state index contributed by atoms with van der Waals surface area (Å²) >= 11 is 0. The molecule has 0 aliphatic carbocycles. The second-order valence-electron chi connectivity index (χ2n) is 5.22. The molecule has 104 valence electrons. The molecule has 1 amide bonds. The van der Waals surface area contributed by atoms with Crippen LogP contribution in [0.1, 0.15) is 39.5 Å². The van der Waals surface area contributed by atoms with Gasteiger partial charge in [-0.05, 0) is 25.2 Å². The van der Waals surface area contributed by atoms with E-state index in [1.807, 2.05) is 0 Å². The highest BCUT2D eigenvalue weighted by Crippen LogP contribution is 2.18. The van der Waals surface area contributed by atoms with Gasteiger partial charge in [0, 0.05) is 13.7 Å². The minimum absolute atomic E-state index is 0.0460. The molecule has 1 aliphatic rings. The van der Waals surface area contributed by atoms with Crippen molar-refractivity contribution in [3.63, 3.8) is 0 Å². The first-order chi connectivity index (χ1) is 8.43. The van der Waals surface area contributed by atoms with E-state index < -0.39 is 12.0 Å². The Kier molecular flexibility index (Phi) is 5.59. The number of likely N-dealkylation sites (N-methyl/N-ethyl adjacent to an activating group) is 1. The molecule has 1 heterocycles. The molecule has 0 bridgehead atoms. The smallest absolute Gasteiger partial charge is 0.326 e. The average Bonchev–Trinajstić information content (AvgIpc) is 2.29. The average molecular weight is 257 g/mol. The van der Waals surface area contributed by atoms with Gasteiger partial charge in [-0.2, -0.15) is 0 Å². The molecule has 2 atom stereocenters. The fourth-order valence-electron chi connectivity index (χ4n) is 2.36. The van der Waals surface area contributed by atoms with Crippen LogP contribution in [0.15, 0.2) is 0 Å². The number of hydrogen-bond donors (Lipinski definition) is 1. The highest BCUT2D eigenvalue weighted by molar-refractivity contribution is 5.83. The molecule has 0 aromatic heterocycles. The fraction of sp³-hybridized carbons (Fsp3) is 0.846. The maximum Gasteiger partial charge on any atom is 0.326 e. The summed E-state index contributed by atoms with van der Waals surface area (Å²) < 4.78 is 5.50. The second-order valence-corrected chi connectivity index (χ2v) is 5.22. The highest BCUT2D eigenvalue weighted by atomic mass is 16.5. The molecule has 1 saturated heterocycles. The summed E-state index contributed by atoms with van der Waals surface area (Å²) in [5.74, 6) is -1.21. The molecule has 1 rings (SSSR count). The van der Waals surface area contributed by atoms with Gasteiger partial charge in [0.15, 0.2) is 0 Å². The van der Waals surface area contributed by atoms with Gasteiger partial charge in [0.25, 0.3) is 0 Å². The van der Waals surface area contributed by atoms with Crippen molar-refractivity contribution in [2.45, 2.75) is 51.7 Å². The van der Waals surface area contributed by atoms with E-state index in [1.165, 1.54) is 4.90 Å². The predicted molar refractivity (Wildman–Crippen MR) is 67.2 cm³/mol. The molecule has 18 heavy (non-hydrogen) atoms. The normalized spacial score (nSPS) is 21.7. The van der Waals surface area contributed by atoms with Gasteiger partial charge >= 0.3 is 5.97 Å². The molecule has 1 aliphatic heterocycles. The standard InChI is InChI=1S/C13H23NO4/c1-9(2)12(13(16)17)14(3)11(15)8-10-6-4-5-7-18-10/h9-10,12H,4-8H2,1-3H3,(H,16,17). The van der Waals surface area contributed by atoms with Crippen molar-refractivity contribution in [1.29, 1.82) is 0 Å². The lowest BCUT2D eigenvalue weighted by Gasteiger charge is -2.30. The Morgan fingerprint density at radius 3 is 2.50 bits per heavy atom. The number of amides is 1. The summed E-state index contributed by atoms with van der Waals surface area (Å²) in [5.41, 5.74) is 0. The minimum atomic E-state index is -0.953. The third-order valence-electron chi connectivity index (χ3n) is 3.37. The van der Waals surface area contributed by atoms with Crippen molar-refractivity contribution >= 4 is 11.9 Å². The second kappa shape index (κ2) is 6.73. The number of carbonyl (C=O) groups is 2. The molecule has 5 heteroatoms. The quantitative estimate of drug-likeness (QED) is 0.810. The van der Waals surface area contributed by atoms with Crippen LogP contribution in [0.25, 0.3) is 0 Å². The van der Waals surface area contributed by atoms with Gasteiger partial charge in [0.05, 0.1) is 12.5 Å². The van der Waals surface area contributed by atoms with Gasteiger partial charge in [-0.15, -0.1) is 0 Å². The van der Waals surface area contributed by atoms with Crippen LogP contribution in [0.3, 0.4) is 0 Å². The Balaban J connectivity index is 2.55. The Morgan fingerprint density at radius 2 is 2.06 bits per heavy atom. The Hall–Kier alpha value is -1.10. The van der Waals surface area contributed by atoms with E-state index in [9.17, 15) is 9.59 Å². The maximum atomic E-state index is 12.0. The van der Waals surface area contributed by atoms with E-state index in [4.69, 9.17) is 9.84 Å². The van der Waals surface area contributed by atoms with Crippen LogP contribution in [0.5, 0.6) is 0 Å². The molecule has 0 spiro atoms. The first-order valence-electron chi connectivity index (χ1n) is 6.53. The zero-order valence-electron chi connectivity index (χ0n) is 11.4. The van der Waals surface area contributed by atoms with Gasteiger partial charge in [0.2, 0.25) is 5.91 Å². The van der Waals surface area contributed by atoms with Crippen molar-refractivity contribution in [2.75, 3.05) is 13.7 Å². The summed E-state index contributed by atoms with van der Waals surface area (Å²) in [6.45, 7) is 4.31. The Morgan fingerprint density at radius 1 is 1.39 bits per heavy atom. The van der Waals surface area contributed by atoms with Gasteiger partial charge < -0.3 is 14.7 Å². The molecule has 1 fully saturated rings. The number of nitrogens with zero attached hydrogens (tertiary/aromatic N) is 1. The number of carboxylic acid groups (broad SMARTS) is 1. The summed E-state index contributed by atoms with van der Waals surface area (Å²) in [6, 6.07) is -0.763. The first-order valence-corrected chi connectivity index (χ1v) is 6.53. The fourth-order valence-corrected chi connectivity index (χ4v) is 2.36. The van der Waals surface area contributed by atoms with Crippen LogP contribution < -0.4 is 0 Å². The molecule has 1 N–H and O–H groups in total. The summed E-state index contributed by atoms with van der Waals surface area (Å²) in [5, 5.41) is 9.14. The Bertz CT molecular complexity index is 297. The number of rotatable bonds is 5. The van der Waals surface area contributed by atoms with Gasteiger partial charge in [-0.1, -0.05) is 13.8 Å². The minimum Gasteiger partial charge on any atom is -0.480 e. The maximum absolute atomic E-state index is 12.0. The lowest BCUT2D eigenvalue weighted by molar-refractivity contribution is -0.152. The van der Waals surface area contributed by atoms with E-state index in [-0.39, 0.29) is 24.3 Å². The van der Waals surface area contributed by atoms with Crippen molar-refractivity contribution in [1.82, 2.24) is 4.90 Å². The number of hydrogen-bond acceptors (Lipinski definition) is 3. The number of aliphatic carboxylic acids is 1. The summed E-state index contributed by atoms with van der Waals surface area (Å²) in [6.07, 6.45) is 3.25. The lowest BCUT2D eigenvalue weighted by atomic mass is 10.0. The molecule has 0 aromatic rings. The molecule has 0 radical (unpaired) electrons. The number of carboxylic acids is 1. The van der Waals surface area contributed by atoms with Crippen LogP contribution in [0.4, 0.5) is 0 Å². The first kappa shape index (κ1) is 15.0. The lowest BCUT2D eigenvalue weighted by Crippen LogP contribution is -2.46. The van der Waals surface area contributed by atoms with Crippen LogP contribution in [0.2, 0.25) is 0 Å². The molecule has 0 aromatic carbocycles. The zero-order chi connectivity index (χ0) is 13.7. The number of ether oxygens (including phenoxy) is 1. The monoisotopic (exact) mass is 257 g/mol. The van der Waals surface area contributed by atoms with Crippen molar-refractivity contribution in [3.05, 3.63) is 0 Å². The molecular weight excluding hydrogens is 234 g/mol. The van der Waals surface area contributed by atoms with Crippen LogP contribution in [-0.4, -0.2) is 47.7 Å². The van der Waals surface area contributed by atoms with E-state index in [0.29, 0.717) is 6.61 Å². The van der Waals surface area contributed by atoms with Gasteiger partial charge in [0.1, 0.15) is 6.04 Å². The highest BCUT2D eigenvalue weighted by Gasteiger charge is 2.30. The van der Waals surface area contributed by atoms with E-state index in [2.05, 4.69) is 0 Å².